The number of hydrogen-bond acceptors (Lipinski definition) is 4. The van der Waals surface area contributed by atoms with Crippen LogP contribution in [-0.2, 0) is 9.59 Å². The van der Waals surface area contributed by atoms with Crippen LogP contribution in [0.1, 0.15) is 27.2 Å². The summed E-state index contributed by atoms with van der Waals surface area (Å²) in [6, 6.07) is 14.5. The molecular formula is C20H25N3O3. The Kier molecular flexibility index (Phi) is 7.02. The second-order valence-electron chi connectivity index (χ2n) is 6.08. The number of hydrogen-bond donors (Lipinski definition) is 3. The van der Waals surface area contributed by atoms with Gasteiger partial charge in [0.25, 0.3) is 0 Å². The maximum Gasteiger partial charge on any atom is 0.243 e. The highest BCUT2D eigenvalue weighted by Crippen LogP contribution is 2.17. The van der Waals surface area contributed by atoms with Crippen molar-refractivity contribution in [3.63, 3.8) is 0 Å². The molecule has 26 heavy (non-hydrogen) atoms. The molecule has 0 aliphatic rings. The first-order chi connectivity index (χ1) is 12.5. The Bertz CT molecular complexity index is 742. The van der Waals surface area contributed by atoms with Crippen LogP contribution >= 0.6 is 0 Å². The number of benzene rings is 2. The molecule has 0 aromatic heterocycles. The molecule has 0 unspecified atom stereocenters. The SMILES string of the molecule is CCC(=O)Nc1cccc(NCC(=O)Nc2ccc(OC(C)C)cc2)c1. The zero-order valence-electron chi connectivity index (χ0n) is 15.3. The molecule has 3 N–H and O–H groups in total. The van der Waals surface area contributed by atoms with Crippen LogP contribution in [0.5, 0.6) is 5.75 Å². The van der Waals surface area contributed by atoms with Gasteiger partial charge in [0.15, 0.2) is 0 Å². The second kappa shape index (κ2) is 9.46. The number of anilines is 3. The third kappa shape index (κ3) is 6.47. The van der Waals surface area contributed by atoms with Crippen LogP contribution in [0.2, 0.25) is 0 Å². The fourth-order valence-corrected chi connectivity index (χ4v) is 2.23. The van der Waals surface area contributed by atoms with E-state index in [1.54, 1.807) is 31.2 Å². The Morgan fingerprint density at radius 3 is 2.23 bits per heavy atom. The van der Waals surface area contributed by atoms with Crippen LogP contribution in [0.4, 0.5) is 17.1 Å². The van der Waals surface area contributed by atoms with E-state index in [-0.39, 0.29) is 24.5 Å². The average Bonchev–Trinajstić information content (AvgIpc) is 2.61. The van der Waals surface area contributed by atoms with Gasteiger partial charge in [0.2, 0.25) is 11.8 Å². The molecule has 0 aliphatic heterocycles. The van der Waals surface area contributed by atoms with Crippen LogP contribution in [0.3, 0.4) is 0 Å². The molecule has 2 amide bonds. The van der Waals surface area contributed by atoms with Gasteiger partial charge in [0.1, 0.15) is 5.75 Å². The van der Waals surface area contributed by atoms with E-state index in [1.807, 2.05) is 38.1 Å². The van der Waals surface area contributed by atoms with Crippen molar-refractivity contribution in [3.05, 3.63) is 48.5 Å². The minimum absolute atomic E-state index is 0.0511. The van der Waals surface area contributed by atoms with E-state index < -0.39 is 0 Å². The molecule has 0 fully saturated rings. The maximum absolute atomic E-state index is 12.1. The van der Waals surface area contributed by atoms with Gasteiger partial charge in [-0.2, -0.15) is 0 Å². The Labute approximate surface area is 153 Å². The molecule has 2 rings (SSSR count). The minimum Gasteiger partial charge on any atom is -0.491 e. The Balaban J connectivity index is 1.85. The van der Waals surface area contributed by atoms with Gasteiger partial charge in [-0.05, 0) is 56.3 Å². The summed E-state index contributed by atoms with van der Waals surface area (Å²) in [6.45, 7) is 5.84. The lowest BCUT2D eigenvalue weighted by molar-refractivity contribution is -0.116. The third-order valence-electron chi connectivity index (χ3n) is 3.43. The van der Waals surface area contributed by atoms with Crippen molar-refractivity contribution in [2.24, 2.45) is 0 Å². The van der Waals surface area contributed by atoms with E-state index >= 15 is 0 Å². The first kappa shape index (κ1) is 19.3. The highest BCUT2D eigenvalue weighted by atomic mass is 16.5. The van der Waals surface area contributed by atoms with Gasteiger partial charge in [0, 0.05) is 23.5 Å². The Morgan fingerprint density at radius 2 is 1.58 bits per heavy atom. The molecule has 0 spiro atoms. The number of carbonyl (C=O) groups is 2. The van der Waals surface area contributed by atoms with E-state index in [2.05, 4.69) is 16.0 Å². The predicted octanol–water partition coefficient (Wildman–Crippen LogP) is 3.87. The topological polar surface area (TPSA) is 79.5 Å². The first-order valence-corrected chi connectivity index (χ1v) is 8.66. The van der Waals surface area contributed by atoms with Crippen molar-refractivity contribution in [2.75, 3.05) is 22.5 Å². The van der Waals surface area contributed by atoms with E-state index in [1.165, 1.54) is 0 Å². The Morgan fingerprint density at radius 1 is 0.923 bits per heavy atom. The molecule has 2 aromatic rings. The van der Waals surface area contributed by atoms with E-state index in [0.717, 1.165) is 11.4 Å². The summed E-state index contributed by atoms with van der Waals surface area (Å²) in [5.74, 6) is 0.553. The molecule has 6 heteroatoms. The monoisotopic (exact) mass is 355 g/mol. The zero-order valence-corrected chi connectivity index (χ0v) is 15.3. The lowest BCUT2D eigenvalue weighted by Gasteiger charge is -2.11. The summed E-state index contributed by atoms with van der Waals surface area (Å²) in [7, 11) is 0. The van der Waals surface area contributed by atoms with Crippen molar-refractivity contribution in [3.8, 4) is 5.75 Å². The summed E-state index contributed by atoms with van der Waals surface area (Å²) in [5, 5.41) is 8.65. The van der Waals surface area contributed by atoms with Gasteiger partial charge < -0.3 is 20.7 Å². The van der Waals surface area contributed by atoms with Crippen molar-refractivity contribution in [1.82, 2.24) is 0 Å². The van der Waals surface area contributed by atoms with Crippen LogP contribution in [0, 0.1) is 0 Å². The summed E-state index contributed by atoms with van der Waals surface area (Å²) >= 11 is 0. The van der Waals surface area contributed by atoms with Gasteiger partial charge in [0.05, 0.1) is 12.6 Å². The number of rotatable bonds is 8. The molecule has 6 nitrogen and oxygen atoms in total. The summed E-state index contributed by atoms with van der Waals surface area (Å²) in [4.78, 5) is 23.5. The summed E-state index contributed by atoms with van der Waals surface area (Å²) < 4.78 is 5.57. The Hall–Kier alpha value is -3.02. The molecule has 2 aromatic carbocycles. The van der Waals surface area contributed by atoms with E-state index in [9.17, 15) is 9.59 Å². The average molecular weight is 355 g/mol. The van der Waals surface area contributed by atoms with Gasteiger partial charge in [-0.3, -0.25) is 9.59 Å². The van der Waals surface area contributed by atoms with Crippen molar-refractivity contribution >= 4 is 28.9 Å². The molecule has 0 saturated carbocycles. The highest BCUT2D eigenvalue weighted by Gasteiger charge is 2.05. The fourth-order valence-electron chi connectivity index (χ4n) is 2.23. The number of ether oxygens (including phenoxy) is 1. The lowest BCUT2D eigenvalue weighted by atomic mass is 10.2. The minimum atomic E-state index is -0.162. The largest absolute Gasteiger partial charge is 0.491 e. The predicted molar refractivity (Wildman–Crippen MR) is 105 cm³/mol. The van der Waals surface area contributed by atoms with E-state index in [4.69, 9.17) is 4.74 Å². The number of nitrogens with one attached hydrogen (secondary N) is 3. The van der Waals surface area contributed by atoms with Crippen molar-refractivity contribution in [2.45, 2.75) is 33.3 Å². The van der Waals surface area contributed by atoms with Crippen LogP contribution in [0.25, 0.3) is 0 Å². The molecule has 138 valence electrons. The first-order valence-electron chi connectivity index (χ1n) is 8.66. The van der Waals surface area contributed by atoms with Gasteiger partial charge >= 0.3 is 0 Å². The molecule has 0 heterocycles. The van der Waals surface area contributed by atoms with Crippen LogP contribution < -0.4 is 20.7 Å². The smallest absolute Gasteiger partial charge is 0.243 e. The summed E-state index contributed by atoms with van der Waals surface area (Å²) in [5.41, 5.74) is 2.16. The van der Waals surface area contributed by atoms with Crippen molar-refractivity contribution < 1.29 is 14.3 Å². The molecule has 0 aliphatic carbocycles. The molecule has 0 saturated heterocycles. The van der Waals surface area contributed by atoms with Gasteiger partial charge in [-0.15, -0.1) is 0 Å². The van der Waals surface area contributed by atoms with Crippen LogP contribution in [-0.4, -0.2) is 24.5 Å². The molecule has 0 atom stereocenters. The molecular weight excluding hydrogens is 330 g/mol. The second-order valence-corrected chi connectivity index (χ2v) is 6.08. The van der Waals surface area contributed by atoms with Gasteiger partial charge in [-0.1, -0.05) is 13.0 Å². The van der Waals surface area contributed by atoms with Crippen molar-refractivity contribution in [1.29, 1.82) is 0 Å². The number of amides is 2. The highest BCUT2D eigenvalue weighted by molar-refractivity contribution is 5.94. The standard InChI is InChI=1S/C20H25N3O3/c1-4-19(24)23-17-7-5-6-16(12-17)21-13-20(25)22-15-8-10-18(11-9-15)26-14(2)3/h5-12,14,21H,4,13H2,1-3H3,(H,22,25)(H,23,24). The molecule has 0 bridgehead atoms. The fraction of sp³-hybridized carbons (Fsp3) is 0.300. The van der Waals surface area contributed by atoms with Gasteiger partial charge in [-0.25, -0.2) is 0 Å². The zero-order chi connectivity index (χ0) is 18.9. The van der Waals surface area contributed by atoms with E-state index in [0.29, 0.717) is 17.8 Å². The number of carbonyl (C=O) groups excluding carboxylic acids is 2. The molecule has 0 radical (unpaired) electrons. The quantitative estimate of drug-likeness (QED) is 0.671. The van der Waals surface area contributed by atoms with Crippen LogP contribution in [0.15, 0.2) is 48.5 Å². The normalized spacial score (nSPS) is 10.3. The maximum atomic E-state index is 12.1. The summed E-state index contributed by atoms with van der Waals surface area (Å²) in [6.07, 6.45) is 0.527. The lowest BCUT2D eigenvalue weighted by Crippen LogP contribution is -2.21. The third-order valence-corrected chi connectivity index (χ3v) is 3.43.